The highest BCUT2D eigenvalue weighted by Gasteiger charge is 2.20. The Balaban J connectivity index is 2.24. The molecule has 0 N–H and O–H groups in total. The van der Waals surface area contributed by atoms with Gasteiger partial charge in [0.15, 0.2) is 0 Å². The molecule has 0 heterocycles. The molecule has 0 saturated heterocycles. The van der Waals surface area contributed by atoms with Crippen molar-refractivity contribution in [3.05, 3.63) is 70.8 Å². The van der Waals surface area contributed by atoms with E-state index in [0.29, 0.717) is 0 Å². The standard InChI is InChI=1S/C18H20Br2O/c1-13-7-3-5-9-15(13)17(11-19)21-18(12-20)16-10-6-4-8-14(16)2/h3-10,17-18H,11-12H2,1-2H3. The smallest absolute Gasteiger partial charge is 0.0932 e. The lowest BCUT2D eigenvalue weighted by Gasteiger charge is -2.25. The molecule has 0 saturated carbocycles. The van der Waals surface area contributed by atoms with Crippen LogP contribution in [0.25, 0.3) is 0 Å². The normalized spacial score (nSPS) is 13.9. The fraction of sp³-hybridized carbons (Fsp3) is 0.333. The molecule has 0 bridgehead atoms. The molecule has 0 aliphatic rings. The van der Waals surface area contributed by atoms with E-state index in [2.05, 4.69) is 94.2 Å². The van der Waals surface area contributed by atoms with Crippen LogP contribution in [0.3, 0.4) is 0 Å². The average Bonchev–Trinajstić information content (AvgIpc) is 2.51. The van der Waals surface area contributed by atoms with E-state index in [1.54, 1.807) is 0 Å². The minimum Gasteiger partial charge on any atom is -0.364 e. The second kappa shape index (κ2) is 8.11. The molecule has 0 aromatic heterocycles. The third-order valence-corrected chi connectivity index (χ3v) is 4.86. The zero-order valence-corrected chi connectivity index (χ0v) is 15.5. The fourth-order valence-electron chi connectivity index (χ4n) is 2.48. The molecule has 21 heavy (non-hydrogen) atoms. The summed E-state index contributed by atoms with van der Waals surface area (Å²) in [5.41, 5.74) is 5.02. The summed E-state index contributed by atoms with van der Waals surface area (Å²) in [5, 5.41) is 1.57. The summed E-state index contributed by atoms with van der Waals surface area (Å²) < 4.78 is 6.39. The molecule has 0 fully saturated rings. The summed E-state index contributed by atoms with van der Waals surface area (Å²) >= 11 is 7.19. The van der Waals surface area contributed by atoms with Gasteiger partial charge in [-0.1, -0.05) is 80.4 Å². The number of hydrogen-bond acceptors (Lipinski definition) is 1. The molecule has 2 atom stereocenters. The number of ether oxygens (including phenoxy) is 1. The summed E-state index contributed by atoms with van der Waals surface area (Å²) in [6.45, 7) is 4.26. The van der Waals surface area contributed by atoms with Gasteiger partial charge in [0.1, 0.15) is 0 Å². The van der Waals surface area contributed by atoms with Gasteiger partial charge in [0, 0.05) is 10.7 Å². The summed E-state index contributed by atoms with van der Waals surface area (Å²) in [4.78, 5) is 0. The second-order valence-electron chi connectivity index (χ2n) is 5.14. The molecule has 0 radical (unpaired) electrons. The SMILES string of the molecule is Cc1ccccc1C(CBr)OC(CBr)c1ccccc1C. The van der Waals surface area contributed by atoms with Crippen LogP contribution in [0, 0.1) is 13.8 Å². The van der Waals surface area contributed by atoms with Crippen molar-refractivity contribution >= 4 is 31.9 Å². The van der Waals surface area contributed by atoms with Crippen LogP contribution < -0.4 is 0 Å². The topological polar surface area (TPSA) is 9.23 Å². The zero-order valence-electron chi connectivity index (χ0n) is 12.4. The van der Waals surface area contributed by atoms with Crippen LogP contribution in [0.5, 0.6) is 0 Å². The first-order valence-corrected chi connectivity index (χ1v) is 9.30. The van der Waals surface area contributed by atoms with Crippen LogP contribution in [0.1, 0.15) is 34.5 Å². The van der Waals surface area contributed by atoms with E-state index in [1.807, 2.05) is 0 Å². The van der Waals surface area contributed by atoms with E-state index in [-0.39, 0.29) is 12.2 Å². The molecular weight excluding hydrogens is 392 g/mol. The maximum Gasteiger partial charge on any atom is 0.0932 e. The molecule has 0 aliphatic carbocycles. The molecule has 112 valence electrons. The van der Waals surface area contributed by atoms with Crippen LogP contribution in [-0.4, -0.2) is 10.7 Å². The molecule has 2 aromatic carbocycles. The van der Waals surface area contributed by atoms with E-state index in [0.717, 1.165) is 10.7 Å². The Labute approximate surface area is 144 Å². The Hall–Kier alpha value is -0.640. The lowest BCUT2D eigenvalue weighted by atomic mass is 10.0. The lowest BCUT2D eigenvalue weighted by Crippen LogP contribution is -2.14. The van der Waals surface area contributed by atoms with Gasteiger partial charge in [-0.3, -0.25) is 0 Å². The van der Waals surface area contributed by atoms with Gasteiger partial charge in [0.05, 0.1) is 12.2 Å². The minimum atomic E-state index is 0.0494. The van der Waals surface area contributed by atoms with Crippen LogP contribution in [0.15, 0.2) is 48.5 Å². The van der Waals surface area contributed by atoms with Gasteiger partial charge in [-0.05, 0) is 36.1 Å². The predicted octanol–water partition coefficient (Wildman–Crippen LogP) is 5.89. The third kappa shape index (κ3) is 4.18. The van der Waals surface area contributed by atoms with Crippen LogP contribution >= 0.6 is 31.9 Å². The molecule has 0 aliphatic heterocycles. The number of rotatable bonds is 6. The lowest BCUT2D eigenvalue weighted by molar-refractivity contribution is 0.0122. The van der Waals surface area contributed by atoms with E-state index >= 15 is 0 Å². The highest BCUT2D eigenvalue weighted by molar-refractivity contribution is 9.09. The van der Waals surface area contributed by atoms with Gasteiger partial charge < -0.3 is 4.74 Å². The van der Waals surface area contributed by atoms with Gasteiger partial charge in [0.2, 0.25) is 0 Å². The van der Waals surface area contributed by atoms with E-state index in [1.165, 1.54) is 22.3 Å². The molecular formula is C18H20Br2O. The van der Waals surface area contributed by atoms with Gasteiger partial charge in [-0.25, -0.2) is 0 Å². The summed E-state index contributed by atoms with van der Waals surface area (Å²) in [6.07, 6.45) is 0.0988. The fourth-order valence-corrected chi connectivity index (χ4v) is 3.48. The van der Waals surface area contributed by atoms with Crippen molar-refractivity contribution < 1.29 is 4.74 Å². The highest BCUT2D eigenvalue weighted by Crippen LogP contribution is 2.32. The van der Waals surface area contributed by atoms with Crippen molar-refractivity contribution in [2.24, 2.45) is 0 Å². The average molecular weight is 412 g/mol. The molecule has 0 amide bonds. The van der Waals surface area contributed by atoms with Crippen molar-refractivity contribution in [2.75, 3.05) is 10.7 Å². The summed E-state index contributed by atoms with van der Waals surface area (Å²) in [7, 11) is 0. The van der Waals surface area contributed by atoms with Crippen molar-refractivity contribution in [2.45, 2.75) is 26.1 Å². The molecule has 2 unspecified atom stereocenters. The largest absolute Gasteiger partial charge is 0.364 e. The first-order chi connectivity index (χ1) is 10.2. The Bertz CT molecular complexity index is 531. The Morgan fingerprint density at radius 1 is 0.762 bits per heavy atom. The Morgan fingerprint density at radius 2 is 1.14 bits per heavy atom. The first kappa shape index (κ1) is 16.7. The van der Waals surface area contributed by atoms with Crippen molar-refractivity contribution in [3.63, 3.8) is 0 Å². The number of alkyl halides is 2. The van der Waals surface area contributed by atoms with Gasteiger partial charge >= 0.3 is 0 Å². The van der Waals surface area contributed by atoms with Crippen molar-refractivity contribution in [3.8, 4) is 0 Å². The maximum atomic E-state index is 6.39. The number of hydrogen-bond donors (Lipinski definition) is 0. The van der Waals surface area contributed by atoms with Crippen molar-refractivity contribution in [1.29, 1.82) is 0 Å². The highest BCUT2D eigenvalue weighted by atomic mass is 79.9. The third-order valence-electron chi connectivity index (χ3n) is 3.68. The van der Waals surface area contributed by atoms with E-state index < -0.39 is 0 Å². The van der Waals surface area contributed by atoms with Crippen LogP contribution in [0.2, 0.25) is 0 Å². The molecule has 0 spiro atoms. The second-order valence-corrected chi connectivity index (χ2v) is 6.43. The maximum absolute atomic E-state index is 6.39. The van der Waals surface area contributed by atoms with Gasteiger partial charge in [-0.2, -0.15) is 0 Å². The van der Waals surface area contributed by atoms with Gasteiger partial charge in [0.25, 0.3) is 0 Å². The van der Waals surface area contributed by atoms with Crippen molar-refractivity contribution in [1.82, 2.24) is 0 Å². The number of benzene rings is 2. The van der Waals surface area contributed by atoms with E-state index in [4.69, 9.17) is 4.74 Å². The quantitative estimate of drug-likeness (QED) is 0.538. The summed E-state index contributed by atoms with van der Waals surface area (Å²) in [5.74, 6) is 0. The Kier molecular flexibility index (Phi) is 6.46. The van der Waals surface area contributed by atoms with E-state index in [9.17, 15) is 0 Å². The predicted molar refractivity (Wildman–Crippen MR) is 96.5 cm³/mol. The monoisotopic (exact) mass is 410 g/mol. The van der Waals surface area contributed by atoms with Crippen LogP contribution in [-0.2, 0) is 4.74 Å². The molecule has 3 heteroatoms. The van der Waals surface area contributed by atoms with Gasteiger partial charge in [-0.15, -0.1) is 0 Å². The minimum absolute atomic E-state index is 0.0494. The van der Waals surface area contributed by atoms with Crippen LogP contribution in [0.4, 0.5) is 0 Å². The Morgan fingerprint density at radius 3 is 1.48 bits per heavy atom. The molecule has 1 nitrogen and oxygen atoms in total. The molecule has 2 aromatic rings. The first-order valence-electron chi connectivity index (χ1n) is 7.05. The number of aryl methyl sites for hydroxylation is 2. The summed E-state index contributed by atoms with van der Waals surface area (Å²) in [6, 6.07) is 16.8. The zero-order chi connectivity index (χ0) is 15.2. The number of halogens is 2. The molecule has 2 rings (SSSR count).